The van der Waals surface area contributed by atoms with Crippen LogP contribution in [0.3, 0.4) is 0 Å². The SMILES string of the molecule is C=CC.C=CC(=C/C)/C(C=C)=C\CC.CC. The van der Waals surface area contributed by atoms with E-state index in [1.54, 1.807) is 6.08 Å². The number of rotatable bonds is 4. The molecule has 0 unspecified atom stereocenters. The summed E-state index contributed by atoms with van der Waals surface area (Å²) in [4.78, 5) is 0. The Morgan fingerprint density at radius 3 is 1.50 bits per heavy atom. The topological polar surface area (TPSA) is 0 Å². The quantitative estimate of drug-likeness (QED) is 0.411. The summed E-state index contributed by atoms with van der Waals surface area (Å²) in [5, 5.41) is 0. The van der Waals surface area contributed by atoms with Crippen molar-refractivity contribution in [3.05, 3.63) is 61.3 Å². The molecule has 0 aliphatic rings. The standard InChI is InChI=1S/C11H16.C3H6.C2H6/c1-5-9-11(8-4)10(6-2)7-3;1-3-2;1-2/h6-9H,2,4-5H2,1,3H3;3H,1H2,2H3;1-2H3/b10-7-,11-9-;;. The molecule has 0 aromatic heterocycles. The maximum Gasteiger partial charge on any atom is -0.0234 e. The third-order valence-corrected chi connectivity index (χ3v) is 1.51. The number of allylic oxidation sites excluding steroid dienone is 7. The van der Waals surface area contributed by atoms with E-state index in [4.69, 9.17) is 0 Å². The normalized spacial score (nSPS) is 10.1. The Hall–Kier alpha value is -1.30. The van der Waals surface area contributed by atoms with Crippen LogP contribution < -0.4 is 0 Å². The Kier molecular flexibility index (Phi) is 24.3. The largest absolute Gasteiger partial charge is 0.103 e. The van der Waals surface area contributed by atoms with Crippen LogP contribution in [0, 0.1) is 0 Å². The van der Waals surface area contributed by atoms with E-state index in [-0.39, 0.29) is 0 Å². The molecule has 0 aliphatic carbocycles. The molecule has 0 atom stereocenters. The van der Waals surface area contributed by atoms with Crippen LogP contribution in [0.4, 0.5) is 0 Å². The lowest BCUT2D eigenvalue weighted by Gasteiger charge is -2.00. The van der Waals surface area contributed by atoms with Gasteiger partial charge in [-0.15, -0.1) is 6.58 Å². The van der Waals surface area contributed by atoms with Crippen molar-refractivity contribution in [1.82, 2.24) is 0 Å². The Balaban J connectivity index is -0.000000289. The van der Waals surface area contributed by atoms with Gasteiger partial charge in [-0.2, -0.15) is 0 Å². The van der Waals surface area contributed by atoms with Crippen molar-refractivity contribution >= 4 is 0 Å². The average Bonchev–Trinajstić information content (AvgIpc) is 2.33. The van der Waals surface area contributed by atoms with Crippen molar-refractivity contribution in [2.24, 2.45) is 0 Å². The summed E-state index contributed by atoms with van der Waals surface area (Å²) >= 11 is 0. The maximum absolute atomic E-state index is 3.74. The first kappa shape index (κ1) is 20.2. The molecule has 0 amide bonds. The molecular weight excluding hydrogens is 192 g/mol. The van der Waals surface area contributed by atoms with Crippen molar-refractivity contribution in [1.29, 1.82) is 0 Å². The fourth-order valence-corrected chi connectivity index (χ4v) is 0.941. The van der Waals surface area contributed by atoms with Crippen LogP contribution in [0.5, 0.6) is 0 Å². The first-order chi connectivity index (χ1) is 7.71. The zero-order valence-electron chi connectivity index (χ0n) is 11.7. The van der Waals surface area contributed by atoms with Gasteiger partial charge in [-0.1, -0.05) is 64.3 Å². The third-order valence-electron chi connectivity index (χ3n) is 1.51. The van der Waals surface area contributed by atoms with E-state index < -0.39 is 0 Å². The second-order valence-electron chi connectivity index (χ2n) is 2.63. The monoisotopic (exact) mass is 220 g/mol. The summed E-state index contributed by atoms with van der Waals surface area (Å²) in [5.74, 6) is 0. The highest BCUT2D eigenvalue weighted by Gasteiger charge is 1.92. The summed E-state index contributed by atoms with van der Waals surface area (Å²) in [5.41, 5.74) is 2.33. The molecule has 0 heteroatoms. The van der Waals surface area contributed by atoms with E-state index in [0.29, 0.717) is 0 Å². The minimum absolute atomic E-state index is 1.03. The molecule has 0 saturated heterocycles. The van der Waals surface area contributed by atoms with Gasteiger partial charge in [-0.05, 0) is 31.4 Å². The van der Waals surface area contributed by atoms with Crippen molar-refractivity contribution in [3.63, 3.8) is 0 Å². The summed E-state index contributed by atoms with van der Waals surface area (Å²) in [6.07, 6.45) is 10.7. The zero-order chi connectivity index (χ0) is 13.4. The van der Waals surface area contributed by atoms with Gasteiger partial charge in [0.05, 0.1) is 0 Å². The molecule has 0 saturated carbocycles. The molecule has 0 spiro atoms. The lowest BCUT2D eigenvalue weighted by Crippen LogP contribution is -1.80. The van der Waals surface area contributed by atoms with Gasteiger partial charge in [-0.3, -0.25) is 0 Å². The minimum Gasteiger partial charge on any atom is -0.103 e. The highest BCUT2D eigenvalue weighted by Crippen LogP contribution is 2.12. The Morgan fingerprint density at radius 1 is 0.938 bits per heavy atom. The highest BCUT2D eigenvalue weighted by atomic mass is 14.0. The molecule has 0 rings (SSSR count). The smallest absolute Gasteiger partial charge is 0.0234 e. The number of hydrogen-bond acceptors (Lipinski definition) is 0. The van der Waals surface area contributed by atoms with Crippen LogP contribution in [0.15, 0.2) is 61.3 Å². The Labute approximate surface area is 103 Å². The molecule has 0 fully saturated rings. The minimum atomic E-state index is 1.03. The molecule has 0 heterocycles. The van der Waals surface area contributed by atoms with Gasteiger partial charge in [0.15, 0.2) is 0 Å². The van der Waals surface area contributed by atoms with Crippen molar-refractivity contribution in [2.45, 2.75) is 41.0 Å². The molecule has 0 aliphatic heterocycles. The van der Waals surface area contributed by atoms with E-state index in [1.807, 2.05) is 45.9 Å². The molecular formula is C16H28. The van der Waals surface area contributed by atoms with E-state index in [9.17, 15) is 0 Å². The highest BCUT2D eigenvalue weighted by molar-refractivity contribution is 5.44. The van der Waals surface area contributed by atoms with Crippen molar-refractivity contribution in [2.75, 3.05) is 0 Å². The van der Waals surface area contributed by atoms with Gasteiger partial charge >= 0.3 is 0 Å². The van der Waals surface area contributed by atoms with Crippen LogP contribution in [0.1, 0.15) is 41.0 Å². The van der Waals surface area contributed by atoms with E-state index >= 15 is 0 Å². The van der Waals surface area contributed by atoms with Crippen LogP contribution in [0.2, 0.25) is 0 Å². The zero-order valence-corrected chi connectivity index (χ0v) is 11.7. The van der Waals surface area contributed by atoms with Gasteiger partial charge in [0.1, 0.15) is 0 Å². The first-order valence-corrected chi connectivity index (χ1v) is 5.90. The molecule has 0 nitrogen and oxygen atoms in total. The van der Waals surface area contributed by atoms with Crippen molar-refractivity contribution in [3.8, 4) is 0 Å². The molecule has 16 heavy (non-hydrogen) atoms. The molecule has 0 bridgehead atoms. The fourth-order valence-electron chi connectivity index (χ4n) is 0.941. The molecule has 0 radical (unpaired) electrons. The maximum atomic E-state index is 3.74. The predicted octanol–water partition coefficient (Wildman–Crippen LogP) is 5.86. The first-order valence-electron chi connectivity index (χ1n) is 5.90. The lowest BCUT2D eigenvalue weighted by atomic mass is 10.1. The summed E-state index contributed by atoms with van der Waals surface area (Å²) in [6.45, 7) is 20.8. The van der Waals surface area contributed by atoms with Gasteiger partial charge in [0.2, 0.25) is 0 Å². The summed E-state index contributed by atoms with van der Waals surface area (Å²) in [7, 11) is 0. The summed E-state index contributed by atoms with van der Waals surface area (Å²) in [6, 6.07) is 0. The average molecular weight is 220 g/mol. The molecule has 0 N–H and O–H groups in total. The van der Waals surface area contributed by atoms with Crippen LogP contribution in [0.25, 0.3) is 0 Å². The number of hydrogen-bond donors (Lipinski definition) is 0. The lowest BCUT2D eigenvalue weighted by molar-refractivity contribution is 1.20. The predicted molar refractivity (Wildman–Crippen MR) is 79.7 cm³/mol. The van der Waals surface area contributed by atoms with Gasteiger partial charge in [0, 0.05) is 0 Å². The molecule has 0 aromatic rings. The van der Waals surface area contributed by atoms with Crippen molar-refractivity contribution < 1.29 is 0 Å². The van der Waals surface area contributed by atoms with Crippen LogP contribution in [-0.2, 0) is 0 Å². The molecule has 92 valence electrons. The molecule has 0 aromatic carbocycles. The van der Waals surface area contributed by atoms with Gasteiger partial charge in [0.25, 0.3) is 0 Å². The fraction of sp³-hybridized carbons (Fsp3) is 0.375. The summed E-state index contributed by atoms with van der Waals surface area (Å²) < 4.78 is 0. The van der Waals surface area contributed by atoms with Crippen LogP contribution >= 0.6 is 0 Å². The second-order valence-corrected chi connectivity index (χ2v) is 2.63. The van der Waals surface area contributed by atoms with Gasteiger partial charge in [-0.25, -0.2) is 0 Å². The Morgan fingerprint density at radius 2 is 1.31 bits per heavy atom. The van der Waals surface area contributed by atoms with Crippen LogP contribution in [-0.4, -0.2) is 0 Å². The second kappa shape index (κ2) is 19.3. The van der Waals surface area contributed by atoms with E-state index in [1.165, 1.54) is 5.57 Å². The van der Waals surface area contributed by atoms with E-state index in [0.717, 1.165) is 12.0 Å². The van der Waals surface area contributed by atoms with Gasteiger partial charge < -0.3 is 0 Å². The van der Waals surface area contributed by atoms with E-state index in [2.05, 4.69) is 32.7 Å². The third kappa shape index (κ3) is 12.7. The Bertz CT molecular complexity index is 226.